The van der Waals surface area contributed by atoms with E-state index in [0.717, 1.165) is 17.8 Å². The highest BCUT2D eigenvalue weighted by molar-refractivity contribution is 8.39. The van der Waals surface area contributed by atoms with Crippen LogP contribution < -0.4 is 10.7 Å². The Morgan fingerprint density at radius 3 is 2.65 bits per heavy atom. The number of carbonyl (C=O) groups is 1. The van der Waals surface area contributed by atoms with Gasteiger partial charge >= 0.3 is 6.18 Å². The molecule has 1 aromatic heterocycles. The van der Waals surface area contributed by atoms with E-state index in [1.54, 1.807) is 6.20 Å². The molecule has 136 valence electrons. The van der Waals surface area contributed by atoms with Crippen LogP contribution in [0.1, 0.15) is 16.6 Å². The van der Waals surface area contributed by atoms with Crippen LogP contribution in [0.5, 0.6) is 0 Å². The van der Waals surface area contributed by atoms with Crippen LogP contribution in [0.4, 0.5) is 18.9 Å². The Kier molecular flexibility index (Phi) is 5.72. The number of hydrogen-bond donors (Lipinski definition) is 2. The maximum atomic E-state index is 12.5. The number of halogens is 3. The first-order valence-corrected chi connectivity index (χ1v) is 9.29. The highest BCUT2D eigenvalue weighted by Crippen LogP contribution is 2.35. The van der Waals surface area contributed by atoms with Crippen molar-refractivity contribution in [1.82, 2.24) is 10.4 Å². The van der Waals surface area contributed by atoms with Gasteiger partial charge in [-0.05, 0) is 36.4 Å². The van der Waals surface area contributed by atoms with Gasteiger partial charge in [-0.2, -0.15) is 18.3 Å². The first-order chi connectivity index (χ1) is 12.4. The van der Waals surface area contributed by atoms with Crippen molar-refractivity contribution in [2.45, 2.75) is 11.6 Å². The lowest BCUT2D eigenvalue weighted by Gasteiger charge is -2.09. The van der Waals surface area contributed by atoms with E-state index < -0.39 is 11.7 Å². The second-order valence-corrected chi connectivity index (χ2v) is 7.49. The Morgan fingerprint density at radius 1 is 1.23 bits per heavy atom. The monoisotopic (exact) mass is 398 g/mol. The molecule has 1 aliphatic rings. The second-order valence-electron chi connectivity index (χ2n) is 5.17. The van der Waals surface area contributed by atoms with Gasteiger partial charge in [0.15, 0.2) is 4.38 Å². The number of anilines is 1. The van der Waals surface area contributed by atoms with E-state index >= 15 is 0 Å². The molecule has 0 unspecified atom stereocenters. The number of alkyl halides is 3. The van der Waals surface area contributed by atoms with Gasteiger partial charge in [-0.3, -0.25) is 15.2 Å². The first-order valence-electron chi connectivity index (χ1n) is 7.42. The average molecular weight is 398 g/mol. The van der Waals surface area contributed by atoms with Crippen molar-refractivity contribution in [3.63, 3.8) is 0 Å². The summed E-state index contributed by atoms with van der Waals surface area (Å²) in [6.45, 7) is 0. The van der Waals surface area contributed by atoms with E-state index in [0.29, 0.717) is 10.1 Å². The lowest BCUT2D eigenvalue weighted by Crippen LogP contribution is -2.15. The normalized spacial score (nSPS) is 16.7. The van der Waals surface area contributed by atoms with Gasteiger partial charge in [0.25, 0.3) is 0 Å². The molecular weight excluding hydrogens is 385 g/mol. The van der Waals surface area contributed by atoms with Crippen LogP contribution in [-0.2, 0) is 11.0 Å². The minimum atomic E-state index is -4.40. The number of amides is 1. The summed E-state index contributed by atoms with van der Waals surface area (Å²) in [6, 6.07) is 9.91. The zero-order valence-electron chi connectivity index (χ0n) is 13.2. The molecule has 10 heteroatoms. The molecule has 1 amide bonds. The summed E-state index contributed by atoms with van der Waals surface area (Å²) in [6.07, 6.45) is -2.70. The Hall–Kier alpha value is -2.20. The van der Waals surface area contributed by atoms with Crippen LogP contribution in [0, 0.1) is 0 Å². The van der Waals surface area contributed by atoms with Gasteiger partial charge in [-0.15, -0.1) is 0 Å². The van der Waals surface area contributed by atoms with Gasteiger partial charge in [0.05, 0.1) is 17.0 Å². The van der Waals surface area contributed by atoms with Crippen LogP contribution in [0.2, 0.25) is 0 Å². The summed E-state index contributed by atoms with van der Waals surface area (Å²) in [5.41, 5.74) is 3.34. The smallest absolute Gasteiger partial charge is 0.325 e. The van der Waals surface area contributed by atoms with E-state index in [-0.39, 0.29) is 17.0 Å². The standard InChI is InChI=1S/C16H13F3N4OS2/c17-16(18,19)10-4-6-11(7-5-10)21-13(24)9-25-15-23-22-14(26-15)12-3-1-2-8-20-12/h1-8,14,22H,9H2,(H,21,24)/t14-/m0/s1. The Labute approximate surface area is 155 Å². The third kappa shape index (κ3) is 4.92. The molecule has 3 rings (SSSR count). The summed E-state index contributed by atoms with van der Waals surface area (Å²) in [4.78, 5) is 16.2. The Morgan fingerprint density at radius 2 is 2.00 bits per heavy atom. The molecule has 1 aromatic carbocycles. The Balaban J connectivity index is 1.46. The molecule has 5 nitrogen and oxygen atoms in total. The molecule has 0 aliphatic carbocycles. The zero-order valence-corrected chi connectivity index (χ0v) is 14.8. The van der Waals surface area contributed by atoms with Crippen molar-refractivity contribution in [2.24, 2.45) is 5.10 Å². The number of thioether (sulfide) groups is 2. The average Bonchev–Trinajstić information content (AvgIpc) is 3.09. The summed E-state index contributed by atoms with van der Waals surface area (Å²) in [5.74, 6) is -0.219. The molecule has 1 aliphatic heterocycles. The molecule has 0 spiro atoms. The molecule has 1 atom stereocenters. The zero-order chi connectivity index (χ0) is 18.6. The van der Waals surface area contributed by atoms with Crippen molar-refractivity contribution in [2.75, 3.05) is 11.1 Å². The lowest BCUT2D eigenvalue weighted by molar-refractivity contribution is -0.137. The van der Waals surface area contributed by atoms with Crippen LogP contribution in [-0.4, -0.2) is 21.0 Å². The minimum absolute atomic E-state index is 0.100. The number of rotatable bonds is 4. The van der Waals surface area contributed by atoms with E-state index in [9.17, 15) is 18.0 Å². The van der Waals surface area contributed by atoms with Crippen LogP contribution in [0.15, 0.2) is 53.8 Å². The van der Waals surface area contributed by atoms with Crippen molar-refractivity contribution in [3.8, 4) is 0 Å². The predicted molar refractivity (Wildman–Crippen MR) is 97.7 cm³/mol. The van der Waals surface area contributed by atoms with Gasteiger partial charge < -0.3 is 5.32 Å². The topological polar surface area (TPSA) is 66.4 Å². The lowest BCUT2D eigenvalue weighted by atomic mass is 10.2. The molecule has 0 saturated carbocycles. The van der Waals surface area contributed by atoms with Gasteiger partial charge in [-0.25, -0.2) is 0 Å². The molecule has 0 saturated heterocycles. The number of hydrazone groups is 1. The minimum Gasteiger partial charge on any atom is -0.325 e. The molecular formula is C16H13F3N4OS2. The number of pyridine rings is 1. The fourth-order valence-corrected chi connectivity index (χ4v) is 3.91. The number of aromatic nitrogens is 1. The first kappa shape index (κ1) is 18.6. The van der Waals surface area contributed by atoms with Crippen molar-refractivity contribution >= 4 is 39.5 Å². The van der Waals surface area contributed by atoms with E-state index in [1.165, 1.54) is 35.7 Å². The largest absolute Gasteiger partial charge is 0.416 e. The number of carbonyl (C=O) groups excluding carboxylic acids is 1. The fraction of sp³-hybridized carbons (Fsp3) is 0.188. The van der Waals surface area contributed by atoms with Crippen molar-refractivity contribution < 1.29 is 18.0 Å². The molecule has 0 radical (unpaired) electrons. The molecule has 2 aromatic rings. The van der Waals surface area contributed by atoms with Crippen molar-refractivity contribution in [1.29, 1.82) is 0 Å². The van der Waals surface area contributed by atoms with Gasteiger partial charge in [-0.1, -0.05) is 29.6 Å². The third-order valence-corrected chi connectivity index (χ3v) is 5.53. The third-order valence-electron chi connectivity index (χ3n) is 3.27. The second kappa shape index (κ2) is 8.00. The Bertz CT molecular complexity index is 797. The summed E-state index contributed by atoms with van der Waals surface area (Å²) >= 11 is 2.70. The predicted octanol–water partition coefficient (Wildman–Crippen LogP) is 4.08. The van der Waals surface area contributed by atoms with Gasteiger partial charge in [0.1, 0.15) is 5.37 Å². The number of nitrogens with zero attached hydrogens (tertiary/aromatic N) is 2. The highest BCUT2D eigenvalue weighted by Gasteiger charge is 2.30. The number of nitrogens with one attached hydrogen (secondary N) is 2. The fourth-order valence-electron chi connectivity index (χ4n) is 2.06. The highest BCUT2D eigenvalue weighted by atomic mass is 32.2. The molecule has 2 heterocycles. The van der Waals surface area contributed by atoms with E-state index in [4.69, 9.17) is 0 Å². The molecule has 26 heavy (non-hydrogen) atoms. The summed E-state index contributed by atoms with van der Waals surface area (Å²) in [5, 5.41) is 6.62. The number of benzene rings is 1. The molecule has 0 bridgehead atoms. The SMILES string of the molecule is O=C(CSC1=NN[C@H](c2ccccn2)S1)Nc1ccc(C(F)(F)F)cc1. The van der Waals surface area contributed by atoms with E-state index in [2.05, 4.69) is 20.8 Å². The summed E-state index contributed by atoms with van der Waals surface area (Å²) < 4.78 is 38.2. The van der Waals surface area contributed by atoms with Gasteiger partial charge in [0, 0.05) is 11.9 Å². The van der Waals surface area contributed by atoms with E-state index in [1.807, 2.05) is 18.2 Å². The number of hydrogen-bond acceptors (Lipinski definition) is 6. The molecule has 0 fully saturated rings. The van der Waals surface area contributed by atoms with Gasteiger partial charge in [0.2, 0.25) is 5.91 Å². The van der Waals surface area contributed by atoms with Crippen LogP contribution in [0.3, 0.4) is 0 Å². The maximum absolute atomic E-state index is 12.5. The molecule has 2 N–H and O–H groups in total. The maximum Gasteiger partial charge on any atom is 0.416 e. The van der Waals surface area contributed by atoms with Crippen LogP contribution >= 0.6 is 23.5 Å². The quantitative estimate of drug-likeness (QED) is 0.813. The summed E-state index contributed by atoms with van der Waals surface area (Å²) in [7, 11) is 0. The van der Waals surface area contributed by atoms with Crippen molar-refractivity contribution in [3.05, 3.63) is 59.9 Å². The van der Waals surface area contributed by atoms with Crippen LogP contribution in [0.25, 0.3) is 0 Å².